The molecule has 0 N–H and O–H groups in total. The summed E-state index contributed by atoms with van der Waals surface area (Å²) in [5.41, 5.74) is 0. The fourth-order valence-electron chi connectivity index (χ4n) is 0.369. The van der Waals surface area contributed by atoms with Gasteiger partial charge in [-0.1, -0.05) is 13.8 Å². The zero-order chi connectivity index (χ0) is 6.85. The van der Waals surface area contributed by atoms with Gasteiger partial charge < -0.3 is 4.18 Å². The van der Waals surface area contributed by atoms with Gasteiger partial charge in [-0.25, -0.2) is 0 Å². The van der Waals surface area contributed by atoms with E-state index in [4.69, 9.17) is 0 Å². The molecule has 1 unspecified atom stereocenters. The van der Waals surface area contributed by atoms with Crippen molar-refractivity contribution in [3.05, 3.63) is 0 Å². The number of nitrogens with zero attached hydrogens (tertiary/aromatic N) is 1. The molecule has 9 heavy (non-hydrogen) atoms. The first kappa shape index (κ1) is 6.54. The van der Waals surface area contributed by atoms with E-state index in [1.165, 1.54) is 0 Å². The van der Waals surface area contributed by atoms with Crippen molar-refractivity contribution in [3.8, 4) is 0 Å². The molecule has 5 heteroatoms. The second kappa shape index (κ2) is 2.34. The molecule has 1 rings (SSSR count). The van der Waals surface area contributed by atoms with Crippen LogP contribution in [-0.2, 0) is 19.8 Å². The molecule has 0 aromatic rings. The molecular weight excluding hydrogens is 142 g/mol. The third-order valence-electron chi connectivity index (χ3n) is 0.835. The van der Waals surface area contributed by atoms with Crippen LogP contribution >= 0.6 is 0 Å². The van der Waals surface area contributed by atoms with Crippen LogP contribution in [0, 0.1) is 5.92 Å². The molecule has 1 aliphatic rings. The molecule has 52 valence electrons. The van der Waals surface area contributed by atoms with Crippen molar-refractivity contribution in [2.45, 2.75) is 13.8 Å². The Kier molecular flexibility index (Phi) is 1.70. The summed E-state index contributed by atoms with van der Waals surface area (Å²) in [5, 5.41) is 3.41. The fraction of sp³-hybridized carbons (Fsp3) is 0.750. The Balaban J connectivity index is 2.55. The van der Waals surface area contributed by atoms with Gasteiger partial charge in [0.2, 0.25) is 0 Å². The maximum Gasteiger partial charge on any atom is 0.440 e. The van der Waals surface area contributed by atoms with Crippen molar-refractivity contribution >= 4 is 17.3 Å². The van der Waals surface area contributed by atoms with Crippen molar-refractivity contribution in [1.29, 1.82) is 0 Å². The summed E-state index contributed by atoms with van der Waals surface area (Å²) in [4.78, 5) is 0. The Morgan fingerprint density at radius 1 is 1.67 bits per heavy atom. The smallest absolute Gasteiger partial charge is 0.350 e. The maximum absolute atomic E-state index is 10.3. The van der Waals surface area contributed by atoms with E-state index in [9.17, 15) is 4.21 Å². The fourth-order valence-corrected chi connectivity index (χ4v) is 0.896. The average Bonchev–Trinajstić information content (AvgIpc) is 2.14. The molecule has 1 aliphatic heterocycles. The van der Waals surface area contributed by atoms with Gasteiger partial charge in [0.1, 0.15) is 0 Å². The summed E-state index contributed by atoms with van der Waals surface area (Å²) in [6, 6.07) is 0. The molecule has 0 aromatic heterocycles. The molecule has 1 atom stereocenters. The van der Waals surface area contributed by atoms with E-state index in [2.05, 4.69) is 13.6 Å². The zero-order valence-corrected chi connectivity index (χ0v) is 5.97. The predicted molar refractivity (Wildman–Crippen MR) is 32.6 cm³/mol. The van der Waals surface area contributed by atoms with Crippen LogP contribution in [0.15, 0.2) is 5.16 Å². The summed E-state index contributed by atoms with van der Waals surface area (Å²) in [7, 11) is 0. The van der Waals surface area contributed by atoms with Gasteiger partial charge in [0, 0.05) is 5.92 Å². The molecule has 0 saturated heterocycles. The van der Waals surface area contributed by atoms with E-state index in [1.54, 1.807) is 0 Å². The van der Waals surface area contributed by atoms with Crippen LogP contribution in [0.25, 0.3) is 0 Å². The molecule has 0 spiro atoms. The Morgan fingerprint density at radius 3 is 2.56 bits per heavy atom. The second-order valence-electron chi connectivity index (χ2n) is 1.95. The van der Waals surface area contributed by atoms with E-state index in [-0.39, 0.29) is 5.92 Å². The normalized spacial score (nSPS) is 25.2. The van der Waals surface area contributed by atoms with Crippen LogP contribution < -0.4 is 0 Å². The highest BCUT2D eigenvalue weighted by Gasteiger charge is 2.19. The van der Waals surface area contributed by atoms with Gasteiger partial charge in [-0.15, -0.1) is 0 Å². The molecular formula is C4H7NO3S. The molecule has 0 saturated carbocycles. The zero-order valence-electron chi connectivity index (χ0n) is 5.16. The van der Waals surface area contributed by atoms with Crippen molar-refractivity contribution in [2.24, 2.45) is 11.1 Å². The molecule has 0 aliphatic carbocycles. The molecule has 1 heterocycles. The highest BCUT2D eigenvalue weighted by molar-refractivity contribution is 7.75. The first-order chi connectivity index (χ1) is 4.20. The Morgan fingerprint density at radius 2 is 2.33 bits per heavy atom. The topological polar surface area (TPSA) is 47.9 Å². The summed E-state index contributed by atoms with van der Waals surface area (Å²) < 4.78 is 19.2. The summed E-state index contributed by atoms with van der Waals surface area (Å²) in [6.07, 6.45) is 0. The lowest BCUT2D eigenvalue weighted by atomic mass is 10.2. The lowest BCUT2D eigenvalue weighted by Crippen LogP contribution is -2.07. The van der Waals surface area contributed by atoms with Gasteiger partial charge in [-0.05, 0) is 5.16 Å². The van der Waals surface area contributed by atoms with Crippen LogP contribution in [0.5, 0.6) is 0 Å². The minimum atomic E-state index is -1.68. The van der Waals surface area contributed by atoms with E-state index < -0.39 is 11.4 Å². The van der Waals surface area contributed by atoms with Crippen molar-refractivity contribution in [3.63, 3.8) is 0 Å². The van der Waals surface area contributed by atoms with Crippen LogP contribution in [0.1, 0.15) is 13.8 Å². The average molecular weight is 149 g/mol. The van der Waals surface area contributed by atoms with Gasteiger partial charge in [0.15, 0.2) is 0 Å². The summed E-state index contributed by atoms with van der Waals surface area (Å²) >= 11 is -1.68. The van der Waals surface area contributed by atoms with Crippen molar-refractivity contribution < 1.29 is 12.7 Å². The maximum atomic E-state index is 10.3. The van der Waals surface area contributed by atoms with E-state index >= 15 is 0 Å². The van der Waals surface area contributed by atoms with E-state index in [0.29, 0.717) is 5.90 Å². The Bertz CT molecular complexity index is 165. The van der Waals surface area contributed by atoms with Crippen LogP contribution in [0.3, 0.4) is 0 Å². The lowest BCUT2D eigenvalue weighted by Gasteiger charge is -1.96. The molecule has 0 radical (unpaired) electrons. The van der Waals surface area contributed by atoms with Crippen LogP contribution in [0.4, 0.5) is 0 Å². The number of hydrogen-bond acceptors (Lipinski definition) is 4. The molecule has 0 bridgehead atoms. The molecule has 4 nitrogen and oxygen atoms in total. The highest BCUT2D eigenvalue weighted by Crippen LogP contribution is 2.09. The van der Waals surface area contributed by atoms with Gasteiger partial charge in [-0.3, -0.25) is 4.28 Å². The first-order valence-corrected chi connectivity index (χ1v) is 3.55. The molecule has 0 aromatic carbocycles. The number of rotatable bonds is 1. The Hall–Kier alpha value is -0.580. The van der Waals surface area contributed by atoms with Crippen molar-refractivity contribution in [1.82, 2.24) is 0 Å². The largest absolute Gasteiger partial charge is 0.440 e. The molecule has 0 amide bonds. The van der Waals surface area contributed by atoms with Crippen LogP contribution in [0.2, 0.25) is 0 Å². The highest BCUT2D eigenvalue weighted by atomic mass is 32.2. The third kappa shape index (κ3) is 1.41. The van der Waals surface area contributed by atoms with Gasteiger partial charge in [0.05, 0.1) is 0 Å². The predicted octanol–water partition coefficient (Wildman–Crippen LogP) is 0.581. The minimum Gasteiger partial charge on any atom is -0.350 e. The summed E-state index contributed by atoms with van der Waals surface area (Å²) in [6.45, 7) is 3.76. The third-order valence-corrected chi connectivity index (χ3v) is 1.34. The van der Waals surface area contributed by atoms with Gasteiger partial charge >= 0.3 is 11.4 Å². The lowest BCUT2D eigenvalue weighted by molar-refractivity contribution is 0.371. The second-order valence-corrected chi connectivity index (χ2v) is 2.67. The van der Waals surface area contributed by atoms with E-state index in [1.807, 2.05) is 13.8 Å². The van der Waals surface area contributed by atoms with E-state index in [0.717, 1.165) is 0 Å². The summed E-state index contributed by atoms with van der Waals surface area (Å²) in [5.74, 6) is 0.532. The SMILES string of the molecule is CC(C)C1=NOS(=O)O1. The first-order valence-electron chi connectivity index (χ1n) is 2.55. The van der Waals surface area contributed by atoms with Crippen LogP contribution in [-0.4, -0.2) is 10.1 Å². The van der Waals surface area contributed by atoms with Gasteiger partial charge in [-0.2, -0.15) is 4.21 Å². The molecule has 0 fully saturated rings. The minimum absolute atomic E-state index is 0.136. The quantitative estimate of drug-likeness (QED) is 0.548. The number of oxime groups is 1. The monoisotopic (exact) mass is 149 g/mol. The standard InChI is InChI=1S/C4H7NO3S/c1-3(2)4-5-8-9(6)7-4/h3H,1-2H3. The number of hydrogen-bond donors (Lipinski definition) is 0. The van der Waals surface area contributed by atoms with Gasteiger partial charge in [0.25, 0.3) is 5.90 Å². The van der Waals surface area contributed by atoms with Crippen molar-refractivity contribution in [2.75, 3.05) is 0 Å². The Labute approximate surface area is 55.7 Å².